The van der Waals surface area contributed by atoms with Crippen LogP contribution in [0.1, 0.15) is 54.4 Å². The summed E-state index contributed by atoms with van der Waals surface area (Å²) >= 11 is 0. The lowest BCUT2D eigenvalue weighted by atomic mass is 10.0. The quantitative estimate of drug-likeness (QED) is 0.677. The van der Waals surface area contributed by atoms with Crippen molar-refractivity contribution >= 4 is 23.6 Å². The molecule has 2 atom stereocenters. The fraction of sp³-hybridized carbons (Fsp3) is 0.455. The number of amides is 2. The number of fused-ring (bicyclic) bond motifs is 1. The summed E-state index contributed by atoms with van der Waals surface area (Å²) in [5.41, 5.74) is 7.59. The Morgan fingerprint density at radius 2 is 1.73 bits per heavy atom. The molecule has 8 nitrogen and oxygen atoms in total. The third kappa shape index (κ3) is 3.81. The van der Waals surface area contributed by atoms with E-state index in [0.29, 0.717) is 29.3 Å². The van der Waals surface area contributed by atoms with E-state index in [1.165, 1.54) is 0 Å². The van der Waals surface area contributed by atoms with Crippen LogP contribution in [0.15, 0.2) is 36.7 Å². The summed E-state index contributed by atoms with van der Waals surface area (Å²) in [4.78, 5) is 32.0. The molecule has 1 aromatic heterocycles. The fourth-order valence-electron chi connectivity index (χ4n) is 4.54. The molecule has 0 spiro atoms. The van der Waals surface area contributed by atoms with Gasteiger partial charge in [0, 0.05) is 29.2 Å². The van der Waals surface area contributed by atoms with Crippen molar-refractivity contribution in [2.24, 2.45) is 17.6 Å². The molecule has 8 heteroatoms. The second kappa shape index (κ2) is 6.97. The van der Waals surface area contributed by atoms with Crippen LogP contribution in [-0.2, 0) is 4.74 Å². The number of anilines is 2. The summed E-state index contributed by atoms with van der Waals surface area (Å²) < 4.78 is 5.60. The molecule has 2 amide bonds. The van der Waals surface area contributed by atoms with Crippen LogP contribution in [0.5, 0.6) is 0 Å². The maximum Gasteiger partial charge on any atom is 0.407 e. The summed E-state index contributed by atoms with van der Waals surface area (Å²) in [6.07, 6.45) is 7.36. The number of carbonyl (C=O) groups is 2. The predicted molar refractivity (Wildman–Crippen MR) is 110 cm³/mol. The molecule has 5 rings (SSSR count). The molecule has 0 radical (unpaired) electrons. The van der Waals surface area contributed by atoms with Crippen LogP contribution < -0.4 is 16.4 Å². The minimum atomic E-state index is -0.456. The highest BCUT2D eigenvalue weighted by Gasteiger charge is 2.57. The Morgan fingerprint density at radius 1 is 1.10 bits per heavy atom. The summed E-state index contributed by atoms with van der Waals surface area (Å²) in [7, 11) is 0. The zero-order valence-electron chi connectivity index (χ0n) is 16.8. The SMILES string of the molecule is CC1(NC(=O)OC2CC3C(C2)C3c2cnc(Nc3ccc(C(N)=O)cc3)nc2)CC1. The Balaban J connectivity index is 1.12. The Bertz CT molecular complexity index is 959. The van der Waals surface area contributed by atoms with Crippen LogP contribution in [0.4, 0.5) is 16.4 Å². The zero-order valence-corrected chi connectivity index (χ0v) is 16.8. The standard InChI is InChI=1S/C22H25N5O3/c1-22(6-7-22)27-21(29)30-15-8-16-17(9-15)18(16)13-10-24-20(25-11-13)26-14-4-2-12(3-5-14)19(23)28/h2-5,10-11,15-18H,6-9H2,1H3,(H2,23,28)(H,27,29)(H,24,25,26). The molecule has 156 valence electrons. The Kier molecular flexibility index (Phi) is 4.38. The van der Waals surface area contributed by atoms with Gasteiger partial charge in [-0.15, -0.1) is 0 Å². The molecule has 4 N–H and O–H groups in total. The topological polar surface area (TPSA) is 119 Å². The first-order valence-electron chi connectivity index (χ1n) is 10.4. The van der Waals surface area contributed by atoms with Gasteiger partial charge in [-0.05, 0) is 80.2 Å². The van der Waals surface area contributed by atoms with Crippen LogP contribution in [-0.4, -0.2) is 33.6 Å². The maximum absolute atomic E-state index is 12.0. The minimum absolute atomic E-state index is 0.0174. The molecule has 0 bridgehead atoms. The molecule has 3 saturated carbocycles. The average Bonchev–Trinajstić information content (AvgIpc) is 3.56. The van der Waals surface area contributed by atoms with Gasteiger partial charge in [0.15, 0.2) is 0 Å². The predicted octanol–water partition coefficient (Wildman–Crippen LogP) is 3.09. The van der Waals surface area contributed by atoms with Gasteiger partial charge in [-0.25, -0.2) is 14.8 Å². The molecule has 0 aliphatic heterocycles. The number of nitrogens with two attached hydrogens (primary N) is 1. The first-order valence-corrected chi connectivity index (χ1v) is 10.4. The summed E-state index contributed by atoms with van der Waals surface area (Å²) in [6, 6.07) is 6.85. The van der Waals surface area contributed by atoms with Gasteiger partial charge in [-0.3, -0.25) is 4.79 Å². The molecule has 1 heterocycles. The molecule has 3 aliphatic carbocycles. The second-order valence-corrected chi connectivity index (χ2v) is 8.94. The van der Waals surface area contributed by atoms with E-state index < -0.39 is 5.91 Å². The van der Waals surface area contributed by atoms with Gasteiger partial charge in [-0.2, -0.15) is 0 Å². The molecule has 3 aliphatic rings. The monoisotopic (exact) mass is 407 g/mol. The van der Waals surface area contributed by atoms with E-state index in [9.17, 15) is 9.59 Å². The maximum atomic E-state index is 12.0. The number of nitrogens with zero attached hydrogens (tertiary/aromatic N) is 2. The van der Waals surface area contributed by atoms with E-state index in [0.717, 1.165) is 36.9 Å². The van der Waals surface area contributed by atoms with E-state index >= 15 is 0 Å². The van der Waals surface area contributed by atoms with E-state index in [4.69, 9.17) is 10.5 Å². The van der Waals surface area contributed by atoms with Crippen molar-refractivity contribution in [3.05, 3.63) is 47.8 Å². The van der Waals surface area contributed by atoms with Crippen molar-refractivity contribution < 1.29 is 14.3 Å². The number of nitrogens with one attached hydrogen (secondary N) is 2. The van der Waals surface area contributed by atoms with Gasteiger partial charge in [0.2, 0.25) is 11.9 Å². The van der Waals surface area contributed by atoms with Crippen LogP contribution >= 0.6 is 0 Å². The molecule has 1 aromatic carbocycles. The smallest absolute Gasteiger partial charge is 0.407 e. The van der Waals surface area contributed by atoms with Crippen molar-refractivity contribution in [1.82, 2.24) is 15.3 Å². The Labute approximate surface area is 174 Å². The van der Waals surface area contributed by atoms with E-state index in [1.807, 2.05) is 19.3 Å². The lowest BCUT2D eigenvalue weighted by molar-refractivity contribution is 0.0898. The van der Waals surface area contributed by atoms with E-state index in [1.54, 1.807) is 24.3 Å². The fourth-order valence-corrected chi connectivity index (χ4v) is 4.54. The third-order valence-corrected chi connectivity index (χ3v) is 6.56. The molecular weight excluding hydrogens is 382 g/mol. The van der Waals surface area contributed by atoms with Gasteiger partial charge >= 0.3 is 6.09 Å². The van der Waals surface area contributed by atoms with Crippen LogP contribution in [0.25, 0.3) is 0 Å². The number of hydrogen-bond acceptors (Lipinski definition) is 6. The van der Waals surface area contributed by atoms with Gasteiger partial charge in [0.25, 0.3) is 0 Å². The number of ether oxygens (including phenoxy) is 1. The largest absolute Gasteiger partial charge is 0.446 e. The number of benzene rings is 1. The second-order valence-electron chi connectivity index (χ2n) is 8.94. The number of alkyl carbamates (subject to hydrolysis) is 1. The normalized spacial score (nSPS) is 27.6. The number of primary amides is 1. The number of hydrogen-bond donors (Lipinski definition) is 3. The molecule has 2 aromatic rings. The van der Waals surface area contributed by atoms with Gasteiger partial charge in [-0.1, -0.05) is 0 Å². The van der Waals surface area contributed by atoms with Gasteiger partial charge < -0.3 is 21.1 Å². The van der Waals surface area contributed by atoms with E-state index in [-0.39, 0.29) is 17.7 Å². The van der Waals surface area contributed by atoms with E-state index in [2.05, 4.69) is 20.6 Å². The van der Waals surface area contributed by atoms with Crippen LogP contribution in [0.3, 0.4) is 0 Å². The average molecular weight is 407 g/mol. The zero-order chi connectivity index (χ0) is 20.9. The Morgan fingerprint density at radius 3 is 2.30 bits per heavy atom. The minimum Gasteiger partial charge on any atom is -0.446 e. The van der Waals surface area contributed by atoms with Gasteiger partial charge in [0.1, 0.15) is 6.10 Å². The third-order valence-electron chi connectivity index (χ3n) is 6.56. The summed E-state index contributed by atoms with van der Waals surface area (Å²) in [6.45, 7) is 2.05. The highest BCUT2D eigenvalue weighted by Crippen LogP contribution is 2.63. The number of carbonyl (C=O) groups excluding carboxylic acids is 2. The van der Waals surface area contributed by atoms with Crippen molar-refractivity contribution in [3.8, 4) is 0 Å². The Hall–Kier alpha value is -3.16. The molecule has 0 saturated heterocycles. The van der Waals surface area contributed by atoms with Crippen LogP contribution in [0, 0.1) is 11.8 Å². The summed E-state index contributed by atoms with van der Waals surface area (Å²) in [5.74, 6) is 1.59. The van der Waals surface area contributed by atoms with Crippen molar-refractivity contribution in [2.45, 2.75) is 50.2 Å². The molecule has 2 unspecified atom stereocenters. The van der Waals surface area contributed by atoms with Crippen molar-refractivity contribution in [1.29, 1.82) is 0 Å². The van der Waals surface area contributed by atoms with Crippen LogP contribution in [0.2, 0.25) is 0 Å². The first kappa shape index (κ1) is 18.8. The molecular formula is C22H25N5O3. The summed E-state index contributed by atoms with van der Waals surface area (Å²) in [5, 5.41) is 6.07. The lowest BCUT2D eigenvalue weighted by Crippen LogP contribution is -2.36. The molecule has 3 fully saturated rings. The lowest BCUT2D eigenvalue weighted by Gasteiger charge is -2.18. The number of aromatic nitrogens is 2. The van der Waals surface area contributed by atoms with Crippen molar-refractivity contribution in [3.63, 3.8) is 0 Å². The first-order chi connectivity index (χ1) is 14.4. The molecule has 30 heavy (non-hydrogen) atoms. The highest BCUT2D eigenvalue weighted by atomic mass is 16.6. The van der Waals surface area contributed by atoms with Crippen molar-refractivity contribution in [2.75, 3.05) is 5.32 Å². The number of rotatable bonds is 6. The van der Waals surface area contributed by atoms with Gasteiger partial charge in [0.05, 0.1) is 0 Å². The highest BCUT2D eigenvalue weighted by molar-refractivity contribution is 5.93.